The molecule has 1 atom stereocenters. The number of benzene rings is 2. The van der Waals surface area contributed by atoms with Crippen LogP contribution in [0.15, 0.2) is 48.5 Å². The van der Waals surface area contributed by atoms with Crippen LogP contribution in [0.1, 0.15) is 39.6 Å². The molecule has 2 rings (SSSR count). The van der Waals surface area contributed by atoms with Gasteiger partial charge in [-0.1, -0.05) is 19.1 Å². The third-order valence-electron chi connectivity index (χ3n) is 3.91. The van der Waals surface area contributed by atoms with Crippen molar-refractivity contribution < 1.29 is 19.1 Å². The second-order valence-electron chi connectivity index (χ2n) is 5.52. The maximum atomic E-state index is 13.0. The standard InChI is InChI=1S/C18H18FNO3/c1-2-18(20,16(21)13-7-9-15(19)10-8-13)11-12-3-5-14(6-4-12)17(22)23/h3-10H,2,11,20H2,1H3,(H,22,23). The molecule has 4 nitrogen and oxygen atoms in total. The summed E-state index contributed by atoms with van der Waals surface area (Å²) in [6, 6.07) is 11.6. The summed E-state index contributed by atoms with van der Waals surface area (Å²) >= 11 is 0. The molecule has 0 aliphatic carbocycles. The second-order valence-corrected chi connectivity index (χ2v) is 5.52. The summed E-state index contributed by atoms with van der Waals surface area (Å²) in [4.78, 5) is 23.5. The van der Waals surface area contributed by atoms with Crippen molar-refractivity contribution in [2.45, 2.75) is 25.3 Å². The molecular weight excluding hydrogens is 297 g/mol. The molecule has 5 heteroatoms. The second kappa shape index (κ2) is 6.71. The summed E-state index contributed by atoms with van der Waals surface area (Å²) in [6.07, 6.45) is 0.684. The number of aromatic carboxylic acids is 1. The molecule has 3 N–H and O–H groups in total. The van der Waals surface area contributed by atoms with Crippen molar-refractivity contribution in [3.8, 4) is 0 Å². The predicted molar refractivity (Wildman–Crippen MR) is 85.0 cm³/mol. The largest absolute Gasteiger partial charge is 0.478 e. The van der Waals surface area contributed by atoms with Crippen molar-refractivity contribution in [3.05, 3.63) is 71.0 Å². The Kier molecular flexibility index (Phi) is 4.91. The number of rotatable bonds is 6. The van der Waals surface area contributed by atoms with Crippen LogP contribution in [0.5, 0.6) is 0 Å². The van der Waals surface area contributed by atoms with E-state index in [0.717, 1.165) is 5.56 Å². The molecule has 23 heavy (non-hydrogen) atoms. The number of carboxylic acid groups (broad SMARTS) is 1. The lowest BCUT2D eigenvalue weighted by atomic mass is 9.82. The summed E-state index contributed by atoms with van der Waals surface area (Å²) < 4.78 is 13.0. The molecule has 0 saturated carbocycles. The Morgan fingerprint density at radius 1 is 1.04 bits per heavy atom. The molecule has 0 fully saturated rings. The van der Waals surface area contributed by atoms with Crippen LogP contribution in [0, 0.1) is 5.82 Å². The van der Waals surface area contributed by atoms with Crippen molar-refractivity contribution in [2.75, 3.05) is 0 Å². The van der Waals surface area contributed by atoms with Crippen molar-refractivity contribution in [1.82, 2.24) is 0 Å². The van der Waals surface area contributed by atoms with E-state index < -0.39 is 17.3 Å². The van der Waals surface area contributed by atoms with Crippen molar-refractivity contribution in [3.63, 3.8) is 0 Å². The van der Waals surface area contributed by atoms with E-state index in [2.05, 4.69) is 0 Å². The predicted octanol–water partition coefficient (Wildman–Crippen LogP) is 3.06. The van der Waals surface area contributed by atoms with Gasteiger partial charge in [0.15, 0.2) is 5.78 Å². The van der Waals surface area contributed by atoms with Gasteiger partial charge in [-0.3, -0.25) is 4.79 Å². The minimum atomic E-state index is -1.12. The number of carbonyl (C=O) groups excluding carboxylic acids is 1. The zero-order valence-corrected chi connectivity index (χ0v) is 12.8. The quantitative estimate of drug-likeness (QED) is 0.803. The van der Waals surface area contributed by atoms with Crippen LogP contribution in [0.2, 0.25) is 0 Å². The normalized spacial score (nSPS) is 13.3. The topological polar surface area (TPSA) is 80.4 Å². The van der Waals surface area contributed by atoms with Gasteiger partial charge in [-0.15, -0.1) is 0 Å². The van der Waals surface area contributed by atoms with Crippen LogP contribution in [-0.4, -0.2) is 22.4 Å². The van der Waals surface area contributed by atoms with Crippen molar-refractivity contribution in [2.24, 2.45) is 5.73 Å². The number of Topliss-reactive ketones (excluding diaryl/α,β-unsaturated/α-hetero) is 1. The average molecular weight is 315 g/mol. The molecule has 0 radical (unpaired) electrons. The van der Waals surface area contributed by atoms with Gasteiger partial charge in [-0.25, -0.2) is 9.18 Å². The first-order valence-electron chi connectivity index (χ1n) is 7.27. The molecule has 0 bridgehead atoms. The zero-order chi connectivity index (χ0) is 17.0. The van der Waals surface area contributed by atoms with E-state index in [1.165, 1.54) is 36.4 Å². The average Bonchev–Trinajstić information content (AvgIpc) is 2.55. The van der Waals surface area contributed by atoms with Gasteiger partial charge in [0.05, 0.1) is 11.1 Å². The number of carboxylic acids is 1. The molecule has 120 valence electrons. The molecule has 2 aromatic carbocycles. The highest BCUT2D eigenvalue weighted by molar-refractivity contribution is 6.03. The lowest BCUT2D eigenvalue weighted by molar-refractivity contribution is 0.0696. The first-order valence-corrected chi connectivity index (χ1v) is 7.27. The third-order valence-corrected chi connectivity index (χ3v) is 3.91. The lowest BCUT2D eigenvalue weighted by Gasteiger charge is -2.27. The van der Waals surface area contributed by atoms with Crippen LogP contribution in [0.3, 0.4) is 0 Å². The summed E-state index contributed by atoms with van der Waals surface area (Å²) in [5.74, 6) is -1.68. The van der Waals surface area contributed by atoms with E-state index in [4.69, 9.17) is 10.8 Å². The van der Waals surface area contributed by atoms with Gasteiger partial charge >= 0.3 is 5.97 Å². The van der Waals surface area contributed by atoms with Crippen LogP contribution in [0.25, 0.3) is 0 Å². The molecule has 0 spiro atoms. The van der Waals surface area contributed by atoms with Gasteiger partial charge in [0.1, 0.15) is 5.82 Å². The fourth-order valence-corrected chi connectivity index (χ4v) is 2.38. The van der Waals surface area contributed by atoms with E-state index in [1.54, 1.807) is 12.1 Å². The fraction of sp³-hybridized carbons (Fsp3) is 0.222. The van der Waals surface area contributed by atoms with Crippen LogP contribution in [-0.2, 0) is 6.42 Å². The highest BCUT2D eigenvalue weighted by Gasteiger charge is 2.33. The highest BCUT2D eigenvalue weighted by atomic mass is 19.1. The van der Waals surface area contributed by atoms with Gasteiger partial charge < -0.3 is 10.8 Å². The SMILES string of the molecule is CCC(N)(Cc1ccc(C(=O)O)cc1)C(=O)c1ccc(F)cc1. The maximum absolute atomic E-state index is 13.0. The monoisotopic (exact) mass is 315 g/mol. The molecule has 1 unspecified atom stereocenters. The minimum Gasteiger partial charge on any atom is -0.478 e. The van der Waals surface area contributed by atoms with Gasteiger partial charge in [-0.05, 0) is 54.8 Å². The van der Waals surface area contributed by atoms with Crippen molar-refractivity contribution >= 4 is 11.8 Å². The maximum Gasteiger partial charge on any atom is 0.335 e. The molecule has 2 aromatic rings. The number of ketones is 1. The number of nitrogens with two attached hydrogens (primary N) is 1. The lowest BCUT2D eigenvalue weighted by Crippen LogP contribution is -2.49. The zero-order valence-electron chi connectivity index (χ0n) is 12.8. The summed E-state index contributed by atoms with van der Waals surface area (Å²) in [7, 11) is 0. The van der Waals surface area contributed by atoms with E-state index in [1.807, 2.05) is 6.92 Å². The Hall–Kier alpha value is -2.53. The third kappa shape index (κ3) is 3.81. The Balaban J connectivity index is 2.24. The Morgan fingerprint density at radius 3 is 2.04 bits per heavy atom. The van der Waals surface area contributed by atoms with Crippen molar-refractivity contribution in [1.29, 1.82) is 0 Å². The number of hydrogen-bond donors (Lipinski definition) is 2. The Bertz CT molecular complexity index is 710. The highest BCUT2D eigenvalue weighted by Crippen LogP contribution is 2.21. The number of halogens is 1. The fourth-order valence-electron chi connectivity index (χ4n) is 2.38. The van der Waals surface area contributed by atoms with E-state index >= 15 is 0 Å². The summed E-state index contributed by atoms with van der Waals surface area (Å²) in [5, 5.41) is 8.90. The van der Waals surface area contributed by atoms with E-state index in [9.17, 15) is 14.0 Å². The molecule has 0 aliphatic rings. The molecular formula is C18H18FNO3. The smallest absolute Gasteiger partial charge is 0.335 e. The Labute approximate surface area is 133 Å². The van der Waals surface area contributed by atoms with Crippen LogP contribution >= 0.6 is 0 Å². The molecule has 0 heterocycles. The van der Waals surface area contributed by atoms with E-state index in [-0.39, 0.29) is 17.8 Å². The molecule has 0 amide bonds. The summed E-state index contributed by atoms with van der Waals surface area (Å²) in [5.41, 5.74) is 6.47. The van der Waals surface area contributed by atoms with Gasteiger partial charge in [0.25, 0.3) is 0 Å². The molecule has 0 aliphatic heterocycles. The number of carbonyl (C=O) groups is 2. The number of hydrogen-bond acceptors (Lipinski definition) is 3. The molecule has 0 saturated heterocycles. The summed E-state index contributed by atoms with van der Waals surface area (Å²) in [6.45, 7) is 1.81. The van der Waals surface area contributed by atoms with E-state index in [0.29, 0.717) is 12.0 Å². The van der Waals surface area contributed by atoms with Gasteiger partial charge in [0.2, 0.25) is 0 Å². The van der Waals surface area contributed by atoms with Gasteiger partial charge in [-0.2, -0.15) is 0 Å². The Morgan fingerprint density at radius 2 is 1.57 bits per heavy atom. The first-order chi connectivity index (χ1) is 10.9. The first kappa shape index (κ1) is 16.8. The van der Waals surface area contributed by atoms with Crippen LogP contribution in [0.4, 0.5) is 4.39 Å². The van der Waals surface area contributed by atoms with Gasteiger partial charge in [0, 0.05) is 5.56 Å². The van der Waals surface area contributed by atoms with Crippen LogP contribution < -0.4 is 5.73 Å². The minimum absolute atomic E-state index is 0.178. The molecule has 0 aromatic heterocycles.